The molecule has 0 amide bonds. The molecule has 0 bridgehead atoms. The van der Waals surface area contributed by atoms with Crippen LogP contribution in [0.25, 0.3) is 0 Å². The quantitative estimate of drug-likeness (QED) is 0.216. The summed E-state index contributed by atoms with van der Waals surface area (Å²) < 4.78 is 145. The van der Waals surface area contributed by atoms with Gasteiger partial charge >= 0.3 is 11.9 Å². The predicted molar refractivity (Wildman–Crippen MR) is 98.3 cm³/mol. The largest absolute Gasteiger partial charge is 0.515 e. The van der Waals surface area contributed by atoms with E-state index in [-0.39, 0.29) is 0 Å². The predicted octanol–water partition coefficient (Wildman–Crippen LogP) is 5.58. The van der Waals surface area contributed by atoms with Gasteiger partial charge in [0, 0.05) is 0 Å². The summed E-state index contributed by atoms with van der Waals surface area (Å²) in [6.45, 7) is 4.37. The highest BCUT2D eigenvalue weighted by Gasteiger charge is 2.52. The van der Waals surface area contributed by atoms with Crippen LogP contribution in [0, 0.1) is 58.2 Å². The van der Waals surface area contributed by atoms with Crippen molar-refractivity contribution in [3.63, 3.8) is 0 Å². The lowest BCUT2D eigenvalue weighted by Gasteiger charge is -2.35. The molecule has 186 valence electrons. The second-order valence-electron chi connectivity index (χ2n) is 7.69. The molecular weight excluding hydrogens is 526 g/mol. The van der Waals surface area contributed by atoms with Crippen LogP contribution in [-0.2, 0) is 8.85 Å². The molecule has 0 saturated carbocycles. The SMILES string of the molecule is C[Si](C)(OC(=O)c1c(F)c(F)c(F)c(F)c1F)[Si](C)(C)OC(=O)c1c(F)c(F)c(F)c(F)c1F. The molecule has 0 aliphatic heterocycles. The molecule has 0 saturated heterocycles. The second kappa shape index (κ2) is 9.05. The van der Waals surface area contributed by atoms with Gasteiger partial charge in [-0.1, -0.05) is 0 Å². The smallest absolute Gasteiger partial charge is 0.331 e. The highest BCUT2D eigenvalue weighted by molar-refractivity contribution is 7.36. The van der Waals surface area contributed by atoms with Crippen LogP contribution in [0.3, 0.4) is 0 Å². The standard InChI is InChI=1S/C18H12F10O4Si2/c1-33(2,31-17(29)5-7(19)11(23)15(27)12(24)8(5)20)34(3,4)32-18(30)6-9(21)13(25)16(28)14(26)10(6)22/h1-4H3. The Morgan fingerprint density at radius 1 is 0.441 bits per heavy atom. The molecule has 0 aliphatic carbocycles. The van der Waals surface area contributed by atoms with Crippen molar-refractivity contribution in [1.82, 2.24) is 0 Å². The summed E-state index contributed by atoms with van der Waals surface area (Å²) in [6.07, 6.45) is 0. The molecule has 34 heavy (non-hydrogen) atoms. The molecule has 2 aromatic carbocycles. The van der Waals surface area contributed by atoms with Gasteiger partial charge in [0.25, 0.3) is 15.7 Å². The molecule has 0 N–H and O–H groups in total. The minimum atomic E-state index is -3.87. The molecule has 2 rings (SSSR count). The maximum Gasteiger partial charge on any atom is 0.331 e. The van der Waals surface area contributed by atoms with E-state index >= 15 is 0 Å². The molecule has 0 fully saturated rings. The Morgan fingerprint density at radius 3 is 0.824 bits per heavy atom. The molecule has 0 heterocycles. The van der Waals surface area contributed by atoms with E-state index < -0.39 is 96.9 Å². The molecule has 0 aromatic heterocycles. The van der Waals surface area contributed by atoms with Crippen LogP contribution in [0.15, 0.2) is 0 Å². The van der Waals surface area contributed by atoms with E-state index in [1.807, 2.05) is 0 Å². The van der Waals surface area contributed by atoms with Gasteiger partial charge in [-0.3, -0.25) is 0 Å². The fourth-order valence-corrected chi connectivity index (χ4v) is 6.03. The Hall–Kier alpha value is -2.89. The number of rotatable bonds is 5. The molecule has 0 radical (unpaired) electrons. The zero-order chi connectivity index (χ0) is 26.5. The van der Waals surface area contributed by atoms with Crippen LogP contribution >= 0.6 is 0 Å². The first-order valence-electron chi connectivity index (χ1n) is 8.86. The van der Waals surface area contributed by atoms with Crippen molar-refractivity contribution in [2.24, 2.45) is 0 Å². The van der Waals surface area contributed by atoms with E-state index in [1.165, 1.54) is 0 Å². The average molecular weight is 538 g/mol. The maximum atomic E-state index is 13.9. The Kier molecular flexibility index (Phi) is 7.28. The van der Waals surface area contributed by atoms with Crippen LogP contribution < -0.4 is 0 Å². The van der Waals surface area contributed by atoms with E-state index in [1.54, 1.807) is 0 Å². The molecule has 2 aromatic rings. The van der Waals surface area contributed by atoms with Crippen LogP contribution in [0.5, 0.6) is 0 Å². The molecule has 16 heteroatoms. The van der Waals surface area contributed by atoms with Crippen molar-refractivity contribution in [2.75, 3.05) is 0 Å². The van der Waals surface area contributed by atoms with Gasteiger partial charge < -0.3 is 8.85 Å². The van der Waals surface area contributed by atoms with Gasteiger partial charge in [0.1, 0.15) is 11.1 Å². The topological polar surface area (TPSA) is 52.6 Å². The van der Waals surface area contributed by atoms with Gasteiger partial charge in [0.2, 0.25) is 11.6 Å². The number of carbonyl (C=O) groups excluding carboxylic acids is 2. The zero-order valence-electron chi connectivity index (χ0n) is 17.4. The summed E-state index contributed by atoms with van der Waals surface area (Å²) in [7, 11) is -7.74. The highest BCUT2D eigenvalue weighted by Crippen LogP contribution is 2.30. The van der Waals surface area contributed by atoms with Gasteiger partial charge in [0.15, 0.2) is 46.5 Å². The number of hydrogen-bond donors (Lipinski definition) is 0. The van der Waals surface area contributed by atoms with Crippen molar-refractivity contribution in [3.05, 3.63) is 69.3 Å². The third-order valence-electron chi connectivity index (χ3n) is 4.97. The lowest BCUT2D eigenvalue weighted by atomic mass is 10.1. The normalized spacial score (nSPS) is 12.1. The number of carbonyl (C=O) groups is 2. The Bertz CT molecular complexity index is 1060. The Labute approximate surface area is 186 Å². The van der Waals surface area contributed by atoms with E-state index in [2.05, 4.69) is 0 Å². The first-order valence-corrected chi connectivity index (χ1v) is 15.7. The Morgan fingerprint density at radius 2 is 0.618 bits per heavy atom. The van der Waals surface area contributed by atoms with Gasteiger partial charge in [-0.2, -0.15) is 0 Å². The lowest BCUT2D eigenvalue weighted by molar-refractivity contribution is 0.0676. The van der Waals surface area contributed by atoms with E-state index in [0.29, 0.717) is 0 Å². The third kappa shape index (κ3) is 4.42. The highest BCUT2D eigenvalue weighted by atomic mass is 29.3. The Balaban J connectivity index is 2.42. The van der Waals surface area contributed by atoms with Crippen LogP contribution in [0.2, 0.25) is 26.2 Å². The average Bonchev–Trinajstić information content (AvgIpc) is 2.72. The number of hydrogen-bond acceptors (Lipinski definition) is 4. The summed E-state index contributed by atoms with van der Waals surface area (Å²) in [5.41, 5.74) is -3.87. The van der Waals surface area contributed by atoms with Crippen molar-refractivity contribution >= 4 is 27.6 Å². The first-order chi connectivity index (χ1) is 15.4. The number of benzene rings is 2. The van der Waals surface area contributed by atoms with E-state index in [0.717, 1.165) is 26.2 Å². The van der Waals surface area contributed by atoms with E-state index in [9.17, 15) is 53.5 Å². The van der Waals surface area contributed by atoms with Gasteiger partial charge in [0.05, 0.1) is 0 Å². The third-order valence-corrected chi connectivity index (χ3v) is 18.6. The van der Waals surface area contributed by atoms with E-state index in [4.69, 9.17) is 8.85 Å². The zero-order valence-corrected chi connectivity index (χ0v) is 19.4. The van der Waals surface area contributed by atoms with Crippen molar-refractivity contribution < 1.29 is 62.3 Å². The van der Waals surface area contributed by atoms with Gasteiger partial charge in [-0.05, 0) is 26.2 Å². The van der Waals surface area contributed by atoms with Crippen LogP contribution in [0.4, 0.5) is 43.9 Å². The number of halogens is 10. The molecule has 4 nitrogen and oxygen atoms in total. The summed E-state index contributed by atoms with van der Waals surface area (Å²) in [5.74, 6) is -28.8. The van der Waals surface area contributed by atoms with Crippen LogP contribution in [-0.4, -0.2) is 27.6 Å². The molecule has 0 unspecified atom stereocenters. The molecule has 0 atom stereocenters. The summed E-state index contributed by atoms with van der Waals surface area (Å²) in [4.78, 5) is 24.5. The van der Waals surface area contributed by atoms with Gasteiger partial charge in [-0.15, -0.1) is 0 Å². The molecular formula is C18H12F10O4Si2. The monoisotopic (exact) mass is 538 g/mol. The summed E-state index contributed by atoms with van der Waals surface area (Å²) in [6, 6.07) is 0. The minimum Gasteiger partial charge on any atom is -0.515 e. The minimum absolute atomic E-state index is 1.09. The second-order valence-corrected chi connectivity index (χ2v) is 21.4. The van der Waals surface area contributed by atoms with Crippen molar-refractivity contribution in [1.29, 1.82) is 0 Å². The molecule has 0 spiro atoms. The van der Waals surface area contributed by atoms with Crippen molar-refractivity contribution in [3.8, 4) is 0 Å². The van der Waals surface area contributed by atoms with Crippen LogP contribution in [0.1, 0.15) is 20.7 Å². The van der Waals surface area contributed by atoms with Crippen molar-refractivity contribution in [2.45, 2.75) is 26.2 Å². The molecule has 0 aliphatic rings. The maximum absolute atomic E-state index is 13.9. The fraction of sp³-hybridized carbons (Fsp3) is 0.222. The van der Waals surface area contributed by atoms with Gasteiger partial charge in [-0.25, -0.2) is 53.5 Å². The fourth-order valence-electron chi connectivity index (χ4n) is 2.38. The first kappa shape index (κ1) is 27.4. The lowest BCUT2D eigenvalue weighted by Crippen LogP contribution is -2.61. The summed E-state index contributed by atoms with van der Waals surface area (Å²) >= 11 is 0. The summed E-state index contributed by atoms with van der Waals surface area (Å²) in [5, 5.41) is 0.